The first kappa shape index (κ1) is 12.0. The first-order valence-electron chi connectivity index (χ1n) is 4.82. The summed E-state index contributed by atoms with van der Waals surface area (Å²) in [5, 5.41) is 3.82. The molecule has 1 aromatic rings. The summed E-state index contributed by atoms with van der Waals surface area (Å²) in [4.78, 5) is 26.1. The van der Waals surface area contributed by atoms with E-state index in [1.54, 1.807) is 19.1 Å². The predicted molar refractivity (Wildman–Crippen MR) is 60.1 cm³/mol. The number of amides is 1. The molecule has 1 amide bonds. The summed E-state index contributed by atoms with van der Waals surface area (Å²) in [6.07, 6.45) is 3.30. The zero-order valence-electron chi connectivity index (χ0n) is 9.23. The first-order valence-corrected chi connectivity index (χ1v) is 4.82. The Balaban J connectivity index is 2.56. The highest BCUT2D eigenvalue weighted by atomic mass is 16.2. The molecule has 0 radical (unpaired) electrons. The molecule has 1 heterocycles. The van der Waals surface area contributed by atoms with Crippen molar-refractivity contribution in [3.05, 3.63) is 30.1 Å². The lowest BCUT2D eigenvalue weighted by Gasteiger charge is -2.00. The van der Waals surface area contributed by atoms with Gasteiger partial charge in [-0.25, -0.2) is 5.43 Å². The smallest absolute Gasteiger partial charge is 0.271 e. The van der Waals surface area contributed by atoms with Gasteiger partial charge in [0, 0.05) is 30.1 Å². The number of carbonyl (C=O) groups is 2. The second-order valence-corrected chi connectivity index (χ2v) is 3.40. The molecule has 0 saturated carbocycles. The number of ketones is 1. The standard InChI is InChI=1S/C11H13N3O2/c1-8(7-9(2)15)13-14-11(16)10-3-5-12-6-4-10/h3-6H,7H2,1-2H3,(H,14,16)/b13-8+. The SMILES string of the molecule is CC(=O)C/C(C)=N/NC(=O)c1ccncc1. The summed E-state index contributed by atoms with van der Waals surface area (Å²) in [5.74, 6) is -0.301. The molecule has 5 nitrogen and oxygen atoms in total. The largest absolute Gasteiger partial charge is 0.300 e. The van der Waals surface area contributed by atoms with E-state index in [0.717, 1.165) is 0 Å². The number of aromatic nitrogens is 1. The molecule has 0 bridgehead atoms. The maximum Gasteiger partial charge on any atom is 0.271 e. The summed E-state index contributed by atoms with van der Waals surface area (Å²) < 4.78 is 0. The van der Waals surface area contributed by atoms with Crippen molar-refractivity contribution < 1.29 is 9.59 Å². The minimum Gasteiger partial charge on any atom is -0.300 e. The number of rotatable bonds is 4. The van der Waals surface area contributed by atoms with Gasteiger partial charge in [0.25, 0.3) is 5.91 Å². The second-order valence-electron chi connectivity index (χ2n) is 3.40. The molecule has 84 valence electrons. The number of hydrogen-bond acceptors (Lipinski definition) is 4. The molecule has 0 aromatic carbocycles. The Bertz CT molecular complexity index is 412. The van der Waals surface area contributed by atoms with E-state index in [-0.39, 0.29) is 18.1 Å². The Labute approximate surface area is 93.6 Å². The molecule has 1 aromatic heterocycles. The maximum atomic E-state index is 11.5. The molecule has 0 aliphatic rings. The lowest BCUT2D eigenvalue weighted by molar-refractivity contribution is -0.115. The van der Waals surface area contributed by atoms with Gasteiger partial charge in [0.05, 0.1) is 0 Å². The minimum atomic E-state index is -0.315. The molecule has 0 unspecified atom stereocenters. The molecule has 1 N–H and O–H groups in total. The summed E-state index contributed by atoms with van der Waals surface area (Å²) in [6.45, 7) is 3.16. The van der Waals surface area contributed by atoms with Gasteiger partial charge in [0.1, 0.15) is 5.78 Å². The third-order valence-electron chi connectivity index (χ3n) is 1.80. The average Bonchev–Trinajstić information content (AvgIpc) is 2.26. The van der Waals surface area contributed by atoms with Crippen LogP contribution in [0.25, 0.3) is 0 Å². The zero-order valence-corrected chi connectivity index (χ0v) is 9.23. The fourth-order valence-electron chi connectivity index (χ4n) is 1.11. The summed E-state index contributed by atoms with van der Waals surface area (Å²) in [5.41, 5.74) is 3.43. The quantitative estimate of drug-likeness (QED) is 0.610. The van der Waals surface area contributed by atoms with Crippen LogP contribution in [-0.4, -0.2) is 22.4 Å². The van der Waals surface area contributed by atoms with E-state index in [1.807, 2.05) is 0 Å². The summed E-state index contributed by atoms with van der Waals surface area (Å²) in [7, 11) is 0. The topological polar surface area (TPSA) is 71.4 Å². The van der Waals surface area contributed by atoms with Crippen molar-refractivity contribution in [1.82, 2.24) is 10.4 Å². The molecule has 0 aliphatic heterocycles. The fourth-order valence-corrected chi connectivity index (χ4v) is 1.11. The van der Waals surface area contributed by atoms with Crippen LogP contribution in [0.2, 0.25) is 0 Å². The lowest BCUT2D eigenvalue weighted by atomic mass is 10.2. The molecule has 0 fully saturated rings. The van der Waals surface area contributed by atoms with E-state index in [1.165, 1.54) is 19.3 Å². The van der Waals surface area contributed by atoms with Crippen LogP contribution >= 0.6 is 0 Å². The van der Waals surface area contributed by atoms with Crippen molar-refractivity contribution >= 4 is 17.4 Å². The van der Waals surface area contributed by atoms with Gasteiger partial charge < -0.3 is 0 Å². The Hall–Kier alpha value is -2.04. The van der Waals surface area contributed by atoms with Crippen molar-refractivity contribution in [2.24, 2.45) is 5.10 Å². The van der Waals surface area contributed by atoms with Crippen molar-refractivity contribution in [3.63, 3.8) is 0 Å². The summed E-state index contributed by atoms with van der Waals surface area (Å²) in [6, 6.07) is 3.18. The van der Waals surface area contributed by atoms with E-state index in [4.69, 9.17) is 0 Å². The Morgan fingerprint density at radius 2 is 1.94 bits per heavy atom. The summed E-state index contributed by atoms with van der Waals surface area (Å²) >= 11 is 0. The highest BCUT2D eigenvalue weighted by molar-refractivity contribution is 6.01. The molecule has 1 rings (SSSR count). The molecule has 5 heteroatoms. The third-order valence-corrected chi connectivity index (χ3v) is 1.80. The van der Waals surface area contributed by atoms with E-state index < -0.39 is 0 Å². The van der Waals surface area contributed by atoms with Crippen molar-refractivity contribution in [3.8, 4) is 0 Å². The number of Topliss-reactive ketones (excluding diaryl/α,β-unsaturated/α-hetero) is 1. The van der Waals surface area contributed by atoms with Gasteiger partial charge in [-0.2, -0.15) is 5.10 Å². The maximum absolute atomic E-state index is 11.5. The second kappa shape index (κ2) is 5.75. The number of hydrogen-bond donors (Lipinski definition) is 1. The van der Waals surface area contributed by atoms with Crippen LogP contribution in [0.15, 0.2) is 29.6 Å². The van der Waals surface area contributed by atoms with Gasteiger partial charge in [-0.3, -0.25) is 14.6 Å². The van der Waals surface area contributed by atoms with Gasteiger partial charge in [0.15, 0.2) is 0 Å². The van der Waals surface area contributed by atoms with Crippen LogP contribution in [0.5, 0.6) is 0 Å². The Morgan fingerprint density at radius 1 is 1.31 bits per heavy atom. The zero-order chi connectivity index (χ0) is 12.0. The number of nitrogens with one attached hydrogen (secondary N) is 1. The van der Waals surface area contributed by atoms with Gasteiger partial charge in [-0.15, -0.1) is 0 Å². The van der Waals surface area contributed by atoms with Crippen LogP contribution < -0.4 is 5.43 Å². The van der Waals surface area contributed by atoms with Crippen LogP contribution in [0.4, 0.5) is 0 Å². The van der Waals surface area contributed by atoms with Gasteiger partial charge in [-0.05, 0) is 26.0 Å². The molecular formula is C11H13N3O2. The first-order chi connectivity index (χ1) is 7.59. The van der Waals surface area contributed by atoms with Crippen molar-refractivity contribution in [2.45, 2.75) is 20.3 Å². The monoisotopic (exact) mass is 219 g/mol. The highest BCUT2D eigenvalue weighted by Gasteiger charge is 2.03. The highest BCUT2D eigenvalue weighted by Crippen LogP contribution is 1.95. The molecule has 0 atom stereocenters. The number of nitrogens with zero attached hydrogens (tertiary/aromatic N) is 2. The lowest BCUT2D eigenvalue weighted by Crippen LogP contribution is -2.19. The molecule has 0 saturated heterocycles. The Morgan fingerprint density at radius 3 is 2.50 bits per heavy atom. The normalized spacial score (nSPS) is 11.0. The van der Waals surface area contributed by atoms with Gasteiger partial charge in [-0.1, -0.05) is 0 Å². The fraction of sp³-hybridized carbons (Fsp3) is 0.273. The van der Waals surface area contributed by atoms with E-state index in [0.29, 0.717) is 11.3 Å². The number of pyridine rings is 1. The van der Waals surface area contributed by atoms with Crippen molar-refractivity contribution in [1.29, 1.82) is 0 Å². The van der Waals surface area contributed by atoms with Gasteiger partial charge in [0.2, 0.25) is 0 Å². The number of hydrazone groups is 1. The van der Waals surface area contributed by atoms with E-state index in [9.17, 15) is 9.59 Å². The third kappa shape index (κ3) is 4.00. The van der Waals surface area contributed by atoms with Crippen LogP contribution in [0, 0.1) is 0 Å². The van der Waals surface area contributed by atoms with Gasteiger partial charge >= 0.3 is 0 Å². The van der Waals surface area contributed by atoms with Crippen LogP contribution in [0.3, 0.4) is 0 Å². The molecule has 0 spiro atoms. The minimum absolute atomic E-state index is 0.0133. The Kier molecular flexibility index (Phi) is 4.32. The van der Waals surface area contributed by atoms with Crippen LogP contribution in [-0.2, 0) is 4.79 Å². The molecular weight excluding hydrogens is 206 g/mol. The van der Waals surface area contributed by atoms with Crippen LogP contribution in [0.1, 0.15) is 30.6 Å². The predicted octanol–water partition coefficient (Wildman–Crippen LogP) is 1.17. The average molecular weight is 219 g/mol. The number of carbonyl (C=O) groups excluding carboxylic acids is 2. The van der Waals surface area contributed by atoms with E-state index >= 15 is 0 Å². The van der Waals surface area contributed by atoms with E-state index in [2.05, 4.69) is 15.5 Å². The van der Waals surface area contributed by atoms with Crippen molar-refractivity contribution in [2.75, 3.05) is 0 Å². The molecule has 16 heavy (non-hydrogen) atoms. The molecule has 0 aliphatic carbocycles.